The van der Waals surface area contributed by atoms with Crippen LogP contribution in [0.3, 0.4) is 0 Å². The molecule has 1 N–H and O–H groups in total. The Hall–Kier alpha value is -0.830. The average Bonchev–Trinajstić information content (AvgIpc) is 2.89. The molecule has 0 bridgehead atoms. The van der Waals surface area contributed by atoms with E-state index in [1.165, 1.54) is 11.3 Å². The van der Waals surface area contributed by atoms with Crippen molar-refractivity contribution in [2.24, 2.45) is 0 Å². The molecule has 1 aliphatic carbocycles. The molecule has 84 valence electrons. The van der Waals surface area contributed by atoms with Gasteiger partial charge in [0.1, 0.15) is 0 Å². The lowest BCUT2D eigenvalue weighted by molar-refractivity contribution is 0.254. The van der Waals surface area contributed by atoms with E-state index in [1.54, 1.807) is 0 Å². The molecule has 1 aliphatic rings. The monoisotopic (exact) mass is 208 g/mol. The molecule has 1 saturated carbocycles. The molecule has 0 atom stereocenters. The van der Waals surface area contributed by atoms with Crippen LogP contribution in [0.2, 0.25) is 0 Å². The molecule has 1 fully saturated rings. The number of rotatable bonds is 3. The summed E-state index contributed by atoms with van der Waals surface area (Å²) in [4.78, 5) is 0. The molecule has 1 aromatic rings. The molecule has 0 aromatic carbocycles. The first-order chi connectivity index (χ1) is 7.02. The summed E-state index contributed by atoms with van der Waals surface area (Å²) in [7, 11) is 0. The molecule has 1 heterocycles. The summed E-state index contributed by atoms with van der Waals surface area (Å²) in [6.07, 6.45) is 2.21. The summed E-state index contributed by atoms with van der Waals surface area (Å²) in [5.41, 5.74) is 3.65. The quantitative estimate of drug-likeness (QED) is 0.826. The van der Waals surface area contributed by atoms with Crippen LogP contribution in [0.4, 0.5) is 0 Å². The SMILES string of the molecule is Cc1nn(C(C)C)c(C)c1C1(CO)CC1. The summed E-state index contributed by atoms with van der Waals surface area (Å²) in [5.74, 6) is 0. The van der Waals surface area contributed by atoms with E-state index in [9.17, 15) is 5.11 Å². The smallest absolute Gasteiger partial charge is 0.0635 e. The van der Waals surface area contributed by atoms with Gasteiger partial charge in [0.05, 0.1) is 12.3 Å². The summed E-state index contributed by atoms with van der Waals surface area (Å²) >= 11 is 0. The maximum Gasteiger partial charge on any atom is 0.0635 e. The van der Waals surface area contributed by atoms with Crippen molar-refractivity contribution in [2.75, 3.05) is 6.61 Å². The van der Waals surface area contributed by atoms with E-state index in [0.29, 0.717) is 6.04 Å². The maximum absolute atomic E-state index is 9.47. The van der Waals surface area contributed by atoms with Gasteiger partial charge in [0.25, 0.3) is 0 Å². The highest BCUT2D eigenvalue weighted by molar-refractivity contribution is 5.38. The Morgan fingerprint density at radius 1 is 1.40 bits per heavy atom. The Morgan fingerprint density at radius 2 is 2.00 bits per heavy atom. The second kappa shape index (κ2) is 3.34. The molecule has 2 rings (SSSR count). The molecule has 0 spiro atoms. The number of aryl methyl sites for hydroxylation is 1. The van der Waals surface area contributed by atoms with Crippen LogP contribution >= 0.6 is 0 Å². The van der Waals surface area contributed by atoms with Crippen LogP contribution in [-0.4, -0.2) is 21.5 Å². The predicted molar refractivity (Wildman–Crippen MR) is 60.1 cm³/mol. The third-order valence-electron chi connectivity index (χ3n) is 3.50. The highest BCUT2D eigenvalue weighted by atomic mass is 16.3. The normalized spacial score (nSPS) is 18.5. The number of aromatic nitrogens is 2. The minimum Gasteiger partial charge on any atom is -0.395 e. The zero-order valence-corrected chi connectivity index (χ0v) is 10.0. The van der Waals surface area contributed by atoms with Gasteiger partial charge in [-0.3, -0.25) is 4.68 Å². The van der Waals surface area contributed by atoms with Gasteiger partial charge in [-0.15, -0.1) is 0 Å². The number of hydrogen-bond donors (Lipinski definition) is 1. The molecule has 0 radical (unpaired) electrons. The van der Waals surface area contributed by atoms with Crippen LogP contribution in [0.1, 0.15) is 49.7 Å². The molecule has 0 amide bonds. The van der Waals surface area contributed by atoms with E-state index < -0.39 is 0 Å². The van der Waals surface area contributed by atoms with Crippen molar-refractivity contribution >= 4 is 0 Å². The van der Waals surface area contributed by atoms with E-state index in [1.807, 2.05) is 0 Å². The van der Waals surface area contributed by atoms with E-state index in [-0.39, 0.29) is 12.0 Å². The highest BCUT2D eigenvalue weighted by Gasteiger charge is 2.47. The van der Waals surface area contributed by atoms with Gasteiger partial charge in [-0.05, 0) is 40.5 Å². The second-order valence-electron chi connectivity index (χ2n) is 5.02. The van der Waals surface area contributed by atoms with Crippen molar-refractivity contribution in [1.82, 2.24) is 9.78 Å². The fourth-order valence-electron chi connectivity index (χ4n) is 2.57. The highest BCUT2D eigenvalue weighted by Crippen LogP contribution is 2.50. The molecule has 0 saturated heterocycles. The van der Waals surface area contributed by atoms with Gasteiger partial charge in [0.2, 0.25) is 0 Å². The predicted octanol–water partition coefficient (Wildman–Crippen LogP) is 2.10. The zero-order valence-electron chi connectivity index (χ0n) is 10.0. The minimum absolute atomic E-state index is 0.0430. The third kappa shape index (κ3) is 1.49. The topological polar surface area (TPSA) is 38.0 Å². The van der Waals surface area contributed by atoms with Gasteiger partial charge in [-0.1, -0.05) is 0 Å². The lowest BCUT2D eigenvalue weighted by Crippen LogP contribution is -2.14. The lowest BCUT2D eigenvalue weighted by atomic mass is 9.95. The summed E-state index contributed by atoms with van der Waals surface area (Å²) in [6, 6.07) is 0.395. The van der Waals surface area contributed by atoms with Crippen molar-refractivity contribution in [3.8, 4) is 0 Å². The fraction of sp³-hybridized carbons (Fsp3) is 0.750. The Morgan fingerprint density at radius 3 is 2.33 bits per heavy atom. The van der Waals surface area contributed by atoms with Gasteiger partial charge in [-0.2, -0.15) is 5.10 Å². The van der Waals surface area contributed by atoms with Gasteiger partial charge >= 0.3 is 0 Å². The van der Waals surface area contributed by atoms with Crippen molar-refractivity contribution in [3.05, 3.63) is 17.0 Å². The van der Waals surface area contributed by atoms with Crippen LogP contribution in [0, 0.1) is 13.8 Å². The minimum atomic E-state index is 0.0430. The molecule has 15 heavy (non-hydrogen) atoms. The lowest BCUT2D eigenvalue weighted by Gasteiger charge is -2.14. The van der Waals surface area contributed by atoms with Crippen molar-refractivity contribution in [2.45, 2.75) is 52.0 Å². The van der Waals surface area contributed by atoms with Crippen molar-refractivity contribution < 1.29 is 5.11 Å². The second-order valence-corrected chi connectivity index (χ2v) is 5.02. The van der Waals surface area contributed by atoms with Crippen molar-refractivity contribution in [1.29, 1.82) is 0 Å². The first-order valence-corrected chi connectivity index (χ1v) is 5.69. The van der Waals surface area contributed by atoms with Gasteiger partial charge in [0, 0.05) is 22.7 Å². The largest absolute Gasteiger partial charge is 0.395 e. The van der Waals surface area contributed by atoms with Gasteiger partial charge < -0.3 is 5.11 Å². The molecule has 3 nitrogen and oxygen atoms in total. The van der Waals surface area contributed by atoms with E-state index in [0.717, 1.165) is 18.5 Å². The van der Waals surface area contributed by atoms with Crippen LogP contribution in [0.5, 0.6) is 0 Å². The van der Waals surface area contributed by atoms with Gasteiger partial charge in [0.15, 0.2) is 0 Å². The summed E-state index contributed by atoms with van der Waals surface area (Å²) < 4.78 is 2.07. The summed E-state index contributed by atoms with van der Waals surface area (Å²) in [5, 5.41) is 14.0. The first-order valence-electron chi connectivity index (χ1n) is 5.69. The Balaban J connectivity index is 2.48. The molecular weight excluding hydrogens is 188 g/mol. The fourth-order valence-corrected chi connectivity index (χ4v) is 2.57. The number of nitrogens with zero attached hydrogens (tertiary/aromatic N) is 2. The molecular formula is C12H20N2O. The van der Waals surface area contributed by atoms with E-state index in [2.05, 4.69) is 37.5 Å². The van der Waals surface area contributed by atoms with Crippen LogP contribution in [0.25, 0.3) is 0 Å². The first kappa shape index (κ1) is 10.7. The Labute approximate surface area is 91.1 Å². The standard InChI is InChI=1S/C12H20N2O/c1-8(2)14-10(4)11(9(3)13-14)12(7-15)5-6-12/h8,15H,5-7H2,1-4H3. The van der Waals surface area contributed by atoms with Crippen LogP contribution < -0.4 is 0 Å². The zero-order chi connectivity index (χ0) is 11.2. The van der Waals surface area contributed by atoms with E-state index in [4.69, 9.17) is 0 Å². The molecule has 0 aliphatic heterocycles. The molecule has 1 aromatic heterocycles. The number of hydrogen-bond acceptors (Lipinski definition) is 2. The summed E-state index contributed by atoms with van der Waals surface area (Å²) in [6.45, 7) is 8.71. The molecule has 0 unspecified atom stereocenters. The van der Waals surface area contributed by atoms with Crippen molar-refractivity contribution in [3.63, 3.8) is 0 Å². The number of aliphatic hydroxyl groups is 1. The van der Waals surface area contributed by atoms with E-state index >= 15 is 0 Å². The van der Waals surface area contributed by atoms with Crippen LogP contribution in [0.15, 0.2) is 0 Å². The average molecular weight is 208 g/mol. The van der Waals surface area contributed by atoms with Crippen LogP contribution in [-0.2, 0) is 5.41 Å². The number of aliphatic hydroxyl groups excluding tert-OH is 1. The van der Waals surface area contributed by atoms with Gasteiger partial charge in [-0.25, -0.2) is 0 Å². The Bertz CT molecular complexity index is 375. The third-order valence-corrected chi connectivity index (χ3v) is 3.50. The molecule has 3 heteroatoms. The Kier molecular flexibility index (Phi) is 2.38. The maximum atomic E-state index is 9.47.